The van der Waals surface area contributed by atoms with Crippen molar-refractivity contribution in [2.45, 2.75) is 18.8 Å². The lowest BCUT2D eigenvalue weighted by molar-refractivity contribution is 0.415. The molecule has 1 fully saturated rings. The Morgan fingerprint density at radius 1 is 1.22 bits per heavy atom. The van der Waals surface area contributed by atoms with E-state index in [1.807, 2.05) is 6.07 Å². The van der Waals surface area contributed by atoms with Crippen molar-refractivity contribution in [3.8, 4) is 5.75 Å². The molecule has 2 aromatic carbocycles. The van der Waals surface area contributed by atoms with Crippen LogP contribution in [0.25, 0.3) is 10.8 Å². The summed E-state index contributed by atoms with van der Waals surface area (Å²) < 4.78 is 5.25. The van der Waals surface area contributed by atoms with Crippen molar-refractivity contribution in [1.82, 2.24) is 0 Å². The SMILES string of the molecule is COc1ccc2cc(C3(C)CC3CN)ccc2c1. The number of rotatable bonds is 3. The maximum atomic E-state index is 5.78. The van der Waals surface area contributed by atoms with Crippen LogP contribution in [0.4, 0.5) is 0 Å². The van der Waals surface area contributed by atoms with E-state index >= 15 is 0 Å². The Bertz CT molecular complexity index is 593. The molecule has 0 saturated heterocycles. The van der Waals surface area contributed by atoms with Crippen LogP contribution in [0.2, 0.25) is 0 Å². The lowest BCUT2D eigenvalue weighted by atomic mass is 9.93. The van der Waals surface area contributed by atoms with E-state index in [0.717, 1.165) is 12.3 Å². The van der Waals surface area contributed by atoms with Crippen molar-refractivity contribution >= 4 is 10.8 Å². The van der Waals surface area contributed by atoms with Gasteiger partial charge < -0.3 is 10.5 Å². The summed E-state index contributed by atoms with van der Waals surface area (Å²) in [6.45, 7) is 3.10. The topological polar surface area (TPSA) is 35.2 Å². The summed E-state index contributed by atoms with van der Waals surface area (Å²) in [5.41, 5.74) is 7.49. The van der Waals surface area contributed by atoms with Crippen molar-refractivity contribution in [1.29, 1.82) is 0 Å². The molecule has 2 unspecified atom stereocenters. The molecule has 0 spiro atoms. The number of ether oxygens (including phenoxy) is 1. The Morgan fingerprint density at radius 3 is 2.61 bits per heavy atom. The molecule has 2 N–H and O–H groups in total. The van der Waals surface area contributed by atoms with Gasteiger partial charge in [-0.3, -0.25) is 0 Å². The lowest BCUT2D eigenvalue weighted by Crippen LogP contribution is -2.11. The van der Waals surface area contributed by atoms with Crippen LogP contribution in [0, 0.1) is 5.92 Å². The van der Waals surface area contributed by atoms with Gasteiger partial charge in [-0.1, -0.05) is 31.2 Å². The number of methoxy groups -OCH3 is 1. The van der Waals surface area contributed by atoms with E-state index in [0.29, 0.717) is 11.3 Å². The molecule has 0 bridgehead atoms. The number of benzene rings is 2. The zero-order valence-electron chi connectivity index (χ0n) is 10.9. The standard InChI is InChI=1S/C16H19NO/c1-16(9-14(16)10-17)13-5-3-12-8-15(18-2)6-4-11(12)7-13/h3-8,14H,9-10,17H2,1-2H3. The molecule has 0 heterocycles. The van der Waals surface area contributed by atoms with Crippen molar-refractivity contribution < 1.29 is 4.74 Å². The Balaban J connectivity index is 2.02. The molecule has 1 aliphatic rings. The van der Waals surface area contributed by atoms with E-state index in [9.17, 15) is 0 Å². The predicted molar refractivity (Wildman–Crippen MR) is 75.0 cm³/mol. The van der Waals surface area contributed by atoms with Gasteiger partial charge in [0, 0.05) is 0 Å². The minimum atomic E-state index is 0.295. The zero-order chi connectivity index (χ0) is 12.8. The molecular weight excluding hydrogens is 222 g/mol. The van der Waals surface area contributed by atoms with Crippen LogP contribution in [0.5, 0.6) is 5.75 Å². The first kappa shape index (κ1) is 11.5. The molecule has 1 aliphatic carbocycles. The van der Waals surface area contributed by atoms with E-state index in [1.54, 1.807) is 7.11 Å². The summed E-state index contributed by atoms with van der Waals surface area (Å²) in [7, 11) is 1.70. The quantitative estimate of drug-likeness (QED) is 0.896. The third-order valence-electron chi connectivity index (χ3n) is 4.40. The fraction of sp³-hybridized carbons (Fsp3) is 0.375. The van der Waals surface area contributed by atoms with Crippen LogP contribution in [0.1, 0.15) is 18.9 Å². The average molecular weight is 241 g/mol. The van der Waals surface area contributed by atoms with Crippen molar-refractivity contribution in [3.63, 3.8) is 0 Å². The van der Waals surface area contributed by atoms with Crippen LogP contribution in [0.3, 0.4) is 0 Å². The van der Waals surface area contributed by atoms with E-state index in [2.05, 4.69) is 37.3 Å². The first-order chi connectivity index (χ1) is 8.67. The maximum Gasteiger partial charge on any atom is 0.119 e. The van der Waals surface area contributed by atoms with Gasteiger partial charge in [0.1, 0.15) is 5.75 Å². The smallest absolute Gasteiger partial charge is 0.119 e. The third-order valence-corrected chi connectivity index (χ3v) is 4.40. The van der Waals surface area contributed by atoms with Gasteiger partial charge in [-0.2, -0.15) is 0 Å². The van der Waals surface area contributed by atoms with Gasteiger partial charge in [-0.25, -0.2) is 0 Å². The van der Waals surface area contributed by atoms with Crippen molar-refractivity contribution in [2.75, 3.05) is 13.7 Å². The van der Waals surface area contributed by atoms with Gasteiger partial charge in [0.05, 0.1) is 7.11 Å². The second kappa shape index (κ2) is 3.99. The maximum absolute atomic E-state index is 5.78. The summed E-state index contributed by atoms with van der Waals surface area (Å²) >= 11 is 0. The van der Waals surface area contributed by atoms with Crippen molar-refractivity contribution in [3.05, 3.63) is 42.0 Å². The van der Waals surface area contributed by atoms with Crippen LogP contribution in [0.15, 0.2) is 36.4 Å². The molecule has 94 valence electrons. The molecule has 18 heavy (non-hydrogen) atoms. The minimum Gasteiger partial charge on any atom is -0.497 e. The molecule has 2 nitrogen and oxygen atoms in total. The number of hydrogen-bond donors (Lipinski definition) is 1. The summed E-state index contributed by atoms with van der Waals surface area (Å²) in [5, 5.41) is 2.50. The molecule has 2 heteroatoms. The predicted octanol–water partition coefficient (Wildman–Crippen LogP) is 3.08. The zero-order valence-corrected chi connectivity index (χ0v) is 10.9. The minimum absolute atomic E-state index is 0.295. The Kier molecular flexibility index (Phi) is 2.56. The van der Waals surface area contributed by atoms with Crippen molar-refractivity contribution in [2.24, 2.45) is 11.7 Å². The number of fused-ring (bicyclic) bond motifs is 1. The largest absolute Gasteiger partial charge is 0.497 e. The Morgan fingerprint density at radius 2 is 1.94 bits per heavy atom. The fourth-order valence-corrected chi connectivity index (χ4v) is 2.86. The van der Waals surface area contributed by atoms with Crippen LogP contribution >= 0.6 is 0 Å². The second-order valence-corrected chi connectivity index (χ2v) is 5.48. The molecule has 1 saturated carbocycles. The molecule has 0 amide bonds. The van der Waals surface area contributed by atoms with Gasteiger partial charge in [-0.15, -0.1) is 0 Å². The first-order valence-electron chi connectivity index (χ1n) is 6.46. The second-order valence-electron chi connectivity index (χ2n) is 5.48. The summed E-state index contributed by atoms with van der Waals surface area (Å²) in [4.78, 5) is 0. The van der Waals surface area contributed by atoms with Gasteiger partial charge in [0.25, 0.3) is 0 Å². The van der Waals surface area contributed by atoms with E-state index in [-0.39, 0.29) is 0 Å². The Labute approximate surface area is 108 Å². The first-order valence-corrected chi connectivity index (χ1v) is 6.46. The van der Waals surface area contributed by atoms with Gasteiger partial charge in [0.15, 0.2) is 0 Å². The average Bonchev–Trinajstić information content (AvgIpc) is 3.10. The monoisotopic (exact) mass is 241 g/mol. The van der Waals surface area contributed by atoms with Gasteiger partial charge in [0.2, 0.25) is 0 Å². The van der Waals surface area contributed by atoms with Gasteiger partial charge in [-0.05, 0) is 52.8 Å². The van der Waals surface area contributed by atoms with Crippen LogP contribution in [-0.2, 0) is 5.41 Å². The molecule has 0 aliphatic heterocycles. The molecule has 3 rings (SSSR count). The normalized spacial score (nSPS) is 26.3. The van der Waals surface area contributed by atoms with Crippen LogP contribution < -0.4 is 10.5 Å². The highest BCUT2D eigenvalue weighted by Gasteiger charge is 2.49. The highest BCUT2D eigenvalue weighted by Crippen LogP contribution is 2.53. The van der Waals surface area contributed by atoms with E-state index in [1.165, 1.54) is 22.8 Å². The third kappa shape index (κ3) is 1.68. The number of hydrogen-bond acceptors (Lipinski definition) is 2. The summed E-state index contributed by atoms with van der Waals surface area (Å²) in [6, 6.07) is 12.9. The highest BCUT2D eigenvalue weighted by molar-refractivity contribution is 5.85. The Hall–Kier alpha value is -1.54. The number of nitrogens with two attached hydrogens (primary N) is 1. The fourth-order valence-electron chi connectivity index (χ4n) is 2.86. The lowest BCUT2D eigenvalue weighted by Gasteiger charge is -2.12. The molecule has 0 aromatic heterocycles. The summed E-state index contributed by atoms with van der Waals surface area (Å²) in [5.74, 6) is 1.56. The molecule has 2 aromatic rings. The molecular formula is C16H19NO. The van der Waals surface area contributed by atoms with E-state index < -0.39 is 0 Å². The van der Waals surface area contributed by atoms with E-state index in [4.69, 9.17) is 10.5 Å². The summed E-state index contributed by atoms with van der Waals surface area (Å²) in [6.07, 6.45) is 1.21. The molecule has 2 atom stereocenters. The van der Waals surface area contributed by atoms with Gasteiger partial charge >= 0.3 is 0 Å². The molecule has 0 radical (unpaired) electrons. The highest BCUT2D eigenvalue weighted by atomic mass is 16.5. The van der Waals surface area contributed by atoms with Crippen LogP contribution in [-0.4, -0.2) is 13.7 Å².